The van der Waals surface area contributed by atoms with E-state index in [-0.39, 0.29) is 17.0 Å². The smallest absolute Gasteiger partial charge is 0.348 e. The Hall–Kier alpha value is -1.43. The summed E-state index contributed by atoms with van der Waals surface area (Å²) in [7, 11) is 0.840. The van der Waals surface area contributed by atoms with Crippen LogP contribution in [0.25, 0.3) is 11.1 Å². The first-order chi connectivity index (χ1) is 12.2. The molecule has 142 valence electrons. The molecule has 0 bridgehead atoms. The molecule has 0 amide bonds. The quantitative estimate of drug-likeness (QED) is 0.478. The Morgan fingerprint density at radius 3 is 2.23 bits per heavy atom. The Morgan fingerprint density at radius 1 is 1.12 bits per heavy atom. The maximum atomic E-state index is 12.0. The van der Waals surface area contributed by atoms with E-state index in [0.29, 0.717) is 10.8 Å². The fourth-order valence-corrected chi connectivity index (χ4v) is 5.18. The van der Waals surface area contributed by atoms with Crippen molar-refractivity contribution in [3.63, 3.8) is 0 Å². The van der Waals surface area contributed by atoms with Crippen LogP contribution in [0.15, 0.2) is 35.7 Å². The van der Waals surface area contributed by atoms with Crippen LogP contribution in [-0.4, -0.2) is 22.8 Å². The topological polar surface area (TPSA) is 35.5 Å². The normalized spacial score (nSPS) is 14.8. The molecule has 0 saturated heterocycles. The third-order valence-corrected chi connectivity index (χ3v) is 7.65. The van der Waals surface area contributed by atoms with E-state index in [1.807, 2.05) is 11.4 Å². The lowest BCUT2D eigenvalue weighted by Gasteiger charge is -2.47. The molecular formula is C21H30O3SSi. The van der Waals surface area contributed by atoms with Crippen LogP contribution in [0.5, 0.6) is 0 Å². The van der Waals surface area contributed by atoms with E-state index in [0.717, 1.165) is 11.1 Å². The highest BCUT2D eigenvalue weighted by atomic mass is 32.1. The SMILES string of the molecule is COC(=O)c1sccc1-c1ccc(C(C)(O[SiH2]C)C(C)(C)C(C)C)cc1. The van der Waals surface area contributed by atoms with Crippen LogP contribution in [0, 0.1) is 11.3 Å². The Morgan fingerprint density at radius 2 is 1.73 bits per heavy atom. The standard InChI is InChI=1S/C21H30O3SSi/c1-14(2)20(3,4)21(5,24-26-7)16-10-8-15(9-11-16)17-12-13-25-18(17)19(22)23-6/h8-14H,26H2,1-7H3. The first-order valence-electron chi connectivity index (χ1n) is 9.09. The molecule has 0 N–H and O–H groups in total. The number of benzene rings is 1. The predicted octanol–water partition coefficient (Wildman–Crippen LogP) is 5.25. The van der Waals surface area contributed by atoms with Crippen molar-refractivity contribution in [3.05, 3.63) is 46.2 Å². The Labute approximate surface area is 163 Å². The highest BCUT2D eigenvalue weighted by molar-refractivity contribution is 7.12. The van der Waals surface area contributed by atoms with Crippen LogP contribution in [0.2, 0.25) is 6.55 Å². The molecule has 0 spiro atoms. The van der Waals surface area contributed by atoms with Crippen molar-refractivity contribution in [3.8, 4) is 11.1 Å². The molecule has 1 aromatic heterocycles. The number of ether oxygens (including phenoxy) is 1. The second-order valence-electron chi connectivity index (χ2n) is 7.57. The van der Waals surface area contributed by atoms with Gasteiger partial charge in [-0.2, -0.15) is 0 Å². The summed E-state index contributed by atoms with van der Waals surface area (Å²) in [5.74, 6) is 0.195. The van der Waals surface area contributed by atoms with Crippen molar-refractivity contribution < 1.29 is 14.0 Å². The molecule has 5 heteroatoms. The third kappa shape index (κ3) is 3.66. The highest BCUT2D eigenvalue weighted by Gasteiger charge is 2.44. The average molecular weight is 391 g/mol. The van der Waals surface area contributed by atoms with Crippen molar-refractivity contribution in [1.82, 2.24) is 0 Å². The molecule has 1 atom stereocenters. The molecule has 0 saturated carbocycles. The number of carbonyl (C=O) groups is 1. The van der Waals surface area contributed by atoms with Crippen LogP contribution in [0.3, 0.4) is 0 Å². The van der Waals surface area contributed by atoms with E-state index in [1.54, 1.807) is 0 Å². The van der Waals surface area contributed by atoms with Crippen LogP contribution < -0.4 is 0 Å². The van der Waals surface area contributed by atoms with Gasteiger partial charge in [0.25, 0.3) is 0 Å². The van der Waals surface area contributed by atoms with Crippen LogP contribution in [0.1, 0.15) is 49.9 Å². The molecule has 0 aliphatic rings. The lowest BCUT2D eigenvalue weighted by Crippen LogP contribution is -2.45. The maximum Gasteiger partial charge on any atom is 0.348 e. The summed E-state index contributed by atoms with van der Waals surface area (Å²) in [5, 5.41) is 1.92. The van der Waals surface area contributed by atoms with Gasteiger partial charge in [0.2, 0.25) is 0 Å². The van der Waals surface area contributed by atoms with Crippen molar-refractivity contribution >= 4 is 27.1 Å². The van der Waals surface area contributed by atoms with Crippen LogP contribution >= 0.6 is 11.3 Å². The zero-order chi connectivity index (χ0) is 19.5. The molecule has 0 aliphatic heterocycles. The van der Waals surface area contributed by atoms with E-state index in [4.69, 9.17) is 9.16 Å². The monoisotopic (exact) mass is 390 g/mol. The number of esters is 1. The zero-order valence-electron chi connectivity index (χ0n) is 16.9. The van der Waals surface area contributed by atoms with Gasteiger partial charge in [0, 0.05) is 5.56 Å². The number of rotatable bonds is 7. The number of carbonyl (C=O) groups excluding carboxylic acids is 1. The van der Waals surface area contributed by atoms with Gasteiger partial charge in [-0.1, -0.05) is 58.5 Å². The Balaban J connectivity index is 2.45. The summed E-state index contributed by atoms with van der Waals surface area (Å²) >= 11 is 1.41. The molecule has 0 radical (unpaired) electrons. The van der Waals surface area contributed by atoms with Gasteiger partial charge in [-0.3, -0.25) is 0 Å². The van der Waals surface area contributed by atoms with Crippen molar-refractivity contribution in [2.45, 2.75) is 46.8 Å². The van der Waals surface area contributed by atoms with Gasteiger partial charge in [0.15, 0.2) is 9.76 Å². The maximum absolute atomic E-state index is 12.0. The van der Waals surface area contributed by atoms with Gasteiger partial charge in [-0.05, 0) is 40.8 Å². The summed E-state index contributed by atoms with van der Waals surface area (Å²) in [6.45, 7) is 13.5. The number of hydrogen-bond donors (Lipinski definition) is 0. The third-order valence-electron chi connectivity index (χ3n) is 5.89. The molecule has 0 fully saturated rings. The number of thiophene rings is 1. The van der Waals surface area contributed by atoms with Crippen LogP contribution in [0.4, 0.5) is 0 Å². The van der Waals surface area contributed by atoms with E-state index in [9.17, 15) is 4.79 Å². The number of hydrogen-bond acceptors (Lipinski definition) is 4. The fraction of sp³-hybridized carbons (Fsp3) is 0.476. The first-order valence-corrected chi connectivity index (χ1v) is 12.0. The lowest BCUT2D eigenvalue weighted by atomic mass is 9.65. The molecule has 2 aromatic rings. The van der Waals surface area contributed by atoms with E-state index in [1.165, 1.54) is 24.0 Å². The minimum absolute atomic E-state index is 0.00289. The summed E-state index contributed by atoms with van der Waals surface area (Å²) in [6, 6.07) is 10.4. The molecule has 1 unspecified atom stereocenters. The molecule has 3 nitrogen and oxygen atoms in total. The minimum Gasteiger partial charge on any atom is -0.465 e. The summed E-state index contributed by atoms with van der Waals surface area (Å²) in [4.78, 5) is 12.6. The minimum atomic E-state index is -0.577. The van der Waals surface area contributed by atoms with Gasteiger partial charge in [-0.15, -0.1) is 11.3 Å². The zero-order valence-corrected chi connectivity index (χ0v) is 19.1. The fourth-order valence-electron chi connectivity index (χ4n) is 3.24. The highest BCUT2D eigenvalue weighted by Crippen LogP contribution is 2.47. The van der Waals surface area contributed by atoms with Gasteiger partial charge in [0.05, 0.1) is 12.7 Å². The van der Waals surface area contributed by atoms with Crippen LogP contribution in [-0.2, 0) is 14.8 Å². The summed E-state index contributed by atoms with van der Waals surface area (Å²) < 4.78 is 11.3. The van der Waals surface area contributed by atoms with E-state index < -0.39 is 9.76 Å². The van der Waals surface area contributed by atoms with Crippen molar-refractivity contribution in [1.29, 1.82) is 0 Å². The second kappa shape index (κ2) is 8.07. The Kier molecular flexibility index (Phi) is 6.48. The summed E-state index contributed by atoms with van der Waals surface area (Å²) in [5.41, 5.74) is 2.79. The van der Waals surface area contributed by atoms with E-state index >= 15 is 0 Å². The molecule has 26 heavy (non-hydrogen) atoms. The van der Waals surface area contributed by atoms with Crippen molar-refractivity contribution in [2.24, 2.45) is 11.3 Å². The second-order valence-corrected chi connectivity index (χ2v) is 9.36. The van der Waals surface area contributed by atoms with Gasteiger partial charge < -0.3 is 9.16 Å². The first kappa shape index (κ1) is 20.9. The van der Waals surface area contributed by atoms with Crippen molar-refractivity contribution in [2.75, 3.05) is 7.11 Å². The summed E-state index contributed by atoms with van der Waals surface area (Å²) in [6.07, 6.45) is 0. The average Bonchev–Trinajstić information content (AvgIpc) is 3.10. The largest absolute Gasteiger partial charge is 0.465 e. The van der Waals surface area contributed by atoms with Gasteiger partial charge in [0.1, 0.15) is 4.88 Å². The molecule has 1 heterocycles. The van der Waals surface area contributed by atoms with Gasteiger partial charge >= 0.3 is 5.97 Å². The lowest BCUT2D eigenvalue weighted by molar-refractivity contribution is -0.0580. The Bertz CT molecular complexity index is 749. The predicted molar refractivity (Wildman–Crippen MR) is 113 cm³/mol. The molecule has 1 aromatic carbocycles. The van der Waals surface area contributed by atoms with E-state index in [2.05, 4.69) is 65.4 Å². The molecule has 0 aliphatic carbocycles. The number of methoxy groups -OCH3 is 1. The molecule has 2 rings (SSSR count). The van der Waals surface area contributed by atoms with Gasteiger partial charge in [-0.25, -0.2) is 4.79 Å². The molecular weight excluding hydrogens is 360 g/mol.